The lowest BCUT2D eigenvalue weighted by molar-refractivity contribution is -0.138. The minimum Gasteiger partial charge on any atom is -0.478 e. The molecule has 1 aromatic rings. The Morgan fingerprint density at radius 3 is 2.32 bits per heavy atom. The molecule has 0 saturated heterocycles. The van der Waals surface area contributed by atoms with E-state index in [4.69, 9.17) is 21.4 Å². The number of nitrogens with one attached hydrogen (secondary N) is 1. The molecule has 0 atom stereocenters. The minimum absolute atomic E-state index is 0.405. The highest BCUT2D eigenvalue weighted by Crippen LogP contribution is 2.21. The summed E-state index contributed by atoms with van der Waals surface area (Å²) in [5.41, 5.74) is -1.65. The van der Waals surface area contributed by atoms with E-state index in [-0.39, 0.29) is 0 Å². The lowest BCUT2D eigenvalue weighted by Crippen LogP contribution is -2.46. The zero-order valence-electron chi connectivity index (χ0n) is 10.6. The van der Waals surface area contributed by atoms with E-state index < -0.39 is 23.2 Å². The fourth-order valence-electron chi connectivity index (χ4n) is 1.18. The molecule has 0 heterocycles. The highest BCUT2D eigenvalue weighted by Gasteiger charge is 2.31. The molecule has 0 spiro atoms. The lowest BCUT2D eigenvalue weighted by atomic mass is 10.1. The van der Waals surface area contributed by atoms with Crippen molar-refractivity contribution in [1.29, 1.82) is 0 Å². The average molecular weight is 284 g/mol. The molecular formula is C13H14ClNO4. The molecule has 0 bridgehead atoms. The Hall–Kier alpha value is -2.01. The summed E-state index contributed by atoms with van der Waals surface area (Å²) in [6.45, 7) is 6.26. The Labute approximate surface area is 115 Å². The third kappa shape index (κ3) is 4.30. The predicted octanol–water partition coefficient (Wildman–Crippen LogP) is 2.21. The quantitative estimate of drug-likeness (QED) is 0.813. The second-order valence-electron chi connectivity index (χ2n) is 4.30. The molecule has 6 heteroatoms. The van der Waals surface area contributed by atoms with E-state index in [0.29, 0.717) is 10.8 Å². The van der Waals surface area contributed by atoms with Crippen LogP contribution in [0.2, 0.25) is 5.02 Å². The predicted molar refractivity (Wildman–Crippen MR) is 71.1 cm³/mol. The van der Waals surface area contributed by atoms with Crippen molar-refractivity contribution in [3.8, 4) is 5.75 Å². The van der Waals surface area contributed by atoms with Crippen molar-refractivity contribution in [3.05, 3.63) is 41.6 Å². The fraction of sp³-hybridized carbons (Fsp3) is 0.231. The number of carbonyl (C=O) groups excluding carboxylic acids is 1. The summed E-state index contributed by atoms with van der Waals surface area (Å²) >= 11 is 5.74. The van der Waals surface area contributed by atoms with E-state index in [1.807, 2.05) is 0 Å². The second-order valence-corrected chi connectivity index (χ2v) is 4.74. The summed E-state index contributed by atoms with van der Waals surface area (Å²) in [4.78, 5) is 22.5. The van der Waals surface area contributed by atoms with Crippen molar-refractivity contribution in [1.82, 2.24) is 5.32 Å². The standard InChI is InChI=1S/C13H14ClNO4/c1-8(11(16)17)15-12(18)13(2,3)19-10-6-4-9(14)5-7-10/h4-7H,1H2,2-3H3,(H,15,18)(H,16,17). The zero-order chi connectivity index (χ0) is 14.6. The number of carboxylic acids is 1. The van der Waals surface area contributed by atoms with E-state index in [0.717, 1.165) is 0 Å². The molecule has 0 fully saturated rings. The number of amides is 1. The molecule has 1 amide bonds. The largest absolute Gasteiger partial charge is 0.478 e. The van der Waals surface area contributed by atoms with Gasteiger partial charge in [-0.05, 0) is 38.1 Å². The summed E-state index contributed by atoms with van der Waals surface area (Å²) in [6.07, 6.45) is 0. The number of carboxylic acid groups (broad SMARTS) is 1. The third-order valence-corrected chi connectivity index (χ3v) is 2.51. The van der Waals surface area contributed by atoms with E-state index >= 15 is 0 Å². The van der Waals surface area contributed by atoms with Crippen molar-refractivity contribution in [2.24, 2.45) is 0 Å². The molecular weight excluding hydrogens is 270 g/mol. The first-order chi connectivity index (χ1) is 8.72. The number of aliphatic carboxylic acids is 1. The molecule has 102 valence electrons. The molecule has 0 aliphatic heterocycles. The van der Waals surface area contributed by atoms with Crippen molar-refractivity contribution in [2.75, 3.05) is 0 Å². The van der Waals surface area contributed by atoms with Gasteiger partial charge in [-0.1, -0.05) is 18.2 Å². The second kappa shape index (κ2) is 5.75. The minimum atomic E-state index is -1.30. The molecule has 0 aliphatic rings. The Morgan fingerprint density at radius 1 is 1.32 bits per heavy atom. The molecule has 1 rings (SSSR count). The third-order valence-electron chi connectivity index (χ3n) is 2.26. The SMILES string of the molecule is C=C(NC(=O)C(C)(C)Oc1ccc(Cl)cc1)C(=O)O. The van der Waals surface area contributed by atoms with Gasteiger partial charge in [0.2, 0.25) is 0 Å². The monoisotopic (exact) mass is 283 g/mol. The normalized spacial score (nSPS) is 10.7. The van der Waals surface area contributed by atoms with Gasteiger partial charge >= 0.3 is 5.97 Å². The first kappa shape index (κ1) is 15.0. The molecule has 2 N–H and O–H groups in total. The fourth-order valence-corrected chi connectivity index (χ4v) is 1.31. The summed E-state index contributed by atoms with van der Waals surface area (Å²) in [5.74, 6) is -1.45. The average Bonchev–Trinajstić information content (AvgIpc) is 2.31. The maximum absolute atomic E-state index is 11.9. The van der Waals surface area contributed by atoms with Gasteiger partial charge in [-0.25, -0.2) is 4.79 Å². The van der Waals surface area contributed by atoms with Crippen molar-refractivity contribution < 1.29 is 19.4 Å². The molecule has 0 aliphatic carbocycles. The van der Waals surface area contributed by atoms with Crippen LogP contribution in [0, 0.1) is 0 Å². The van der Waals surface area contributed by atoms with Crippen LogP contribution in [0.3, 0.4) is 0 Å². The van der Waals surface area contributed by atoms with Gasteiger partial charge < -0.3 is 15.2 Å². The summed E-state index contributed by atoms with van der Waals surface area (Å²) in [7, 11) is 0. The number of rotatable bonds is 5. The van der Waals surface area contributed by atoms with Crippen molar-refractivity contribution >= 4 is 23.5 Å². The molecule has 0 unspecified atom stereocenters. The van der Waals surface area contributed by atoms with E-state index in [9.17, 15) is 9.59 Å². The Balaban J connectivity index is 2.74. The van der Waals surface area contributed by atoms with Gasteiger partial charge in [0, 0.05) is 5.02 Å². The van der Waals surface area contributed by atoms with Crippen LogP contribution in [-0.2, 0) is 9.59 Å². The van der Waals surface area contributed by atoms with Crippen LogP contribution >= 0.6 is 11.6 Å². The lowest BCUT2D eigenvalue weighted by Gasteiger charge is -2.25. The number of ether oxygens (including phenoxy) is 1. The molecule has 1 aromatic carbocycles. The number of benzene rings is 1. The van der Waals surface area contributed by atoms with Gasteiger partial charge in [0.05, 0.1) is 0 Å². The van der Waals surface area contributed by atoms with Crippen molar-refractivity contribution in [3.63, 3.8) is 0 Å². The van der Waals surface area contributed by atoms with Crippen LogP contribution in [0.4, 0.5) is 0 Å². The van der Waals surface area contributed by atoms with Crippen LogP contribution < -0.4 is 10.1 Å². The zero-order valence-corrected chi connectivity index (χ0v) is 11.3. The molecule has 19 heavy (non-hydrogen) atoms. The van der Waals surface area contributed by atoms with Crippen LogP contribution in [0.1, 0.15) is 13.8 Å². The first-order valence-corrected chi connectivity index (χ1v) is 5.78. The van der Waals surface area contributed by atoms with Crippen LogP contribution in [0.25, 0.3) is 0 Å². The molecule has 0 saturated carbocycles. The van der Waals surface area contributed by atoms with Gasteiger partial charge in [0.15, 0.2) is 5.60 Å². The summed E-state index contributed by atoms with van der Waals surface area (Å²) < 4.78 is 5.49. The highest BCUT2D eigenvalue weighted by atomic mass is 35.5. The maximum Gasteiger partial charge on any atom is 0.351 e. The van der Waals surface area contributed by atoms with Gasteiger partial charge in [0.25, 0.3) is 5.91 Å². The van der Waals surface area contributed by atoms with E-state index in [1.165, 1.54) is 13.8 Å². The number of hydrogen-bond donors (Lipinski definition) is 2. The van der Waals surface area contributed by atoms with Gasteiger partial charge in [-0.3, -0.25) is 4.79 Å². The smallest absolute Gasteiger partial charge is 0.351 e. The summed E-state index contributed by atoms with van der Waals surface area (Å²) in [6, 6.07) is 6.48. The number of hydrogen-bond acceptors (Lipinski definition) is 3. The van der Waals surface area contributed by atoms with Crippen LogP contribution in [-0.4, -0.2) is 22.6 Å². The Morgan fingerprint density at radius 2 is 1.84 bits per heavy atom. The van der Waals surface area contributed by atoms with E-state index in [2.05, 4.69) is 11.9 Å². The Kier molecular flexibility index (Phi) is 4.56. The van der Waals surface area contributed by atoms with Gasteiger partial charge in [-0.15, -0.1) is 0 Å². The van der Waals surface area contributed by atoms with Gasteiger partial charge in [-0.2, -0.15) is 0 Å². The number of carbonyl (C=O) groups is 2. The summed E-state index contributed by atoms with van der Waals surface area (Å²) in [5, 5.41) is 11.4. The highest BCUT2D eigenvalue weighted by molar-refractivity contribution is 6.30. The Bertz CT molecular complexity index is 508. The molecule has 0 aromatic heterocycles. The first-order valence-electron chi connectivity index (χ1n) is 5.40. The van der Waals surface area contributed by atoms with Crippen LogP contribution in [0.5, 0.6) is 5.75 Å². The van der Waals surface area contributed by atoms with Crippen molar-refractivity contribution in [2.45, 2.75) is 19.4 Å². The topological polar surface area (TPSA) is 75.6 Å². The maximum atomic E-state index is 11.9. The molecule has 5 nitrogen and oxygen atoms in total. The van der Waals surface area contributed by atoms with Crippen LogP contribution in [0.15, 0.2) is 36.5 Å². The number of halogens is 1. The van der Waals surface area contributed by atoms with E-state index in [1.54, 1.807) is 24.3 Å². The van der Waals surface area contributed by atoms with Gasteiger partial charge in [0.1, 0.15) is 11.4 Å². The molecule has 0 radical (unpaired) electrons.